The number of nitrogen functional groups attached to an aromatic ring is 1. The number of hydrogen-bond acceptors (Lipinski definition) is 3. The van der Waals surface area contributed by atoms with Crippen LogP contribution in [0, 0.1) is 0 Å². The zero-order valence-electron chi connectivity index (χ0n) is 9.85. The number of nitrogens with one attached hydrogen (secondary N) is 1. The number of nitrogens with two attached hydrogens (primary N) is 1. The molecule has 1 aliphatic rings. The fraction of sp³-hybridized carbons (Fsp3) is 0.308. The van der Waals surface area contributed by atoms with E-state index in [-0.39, 0.29) is 0 Å². The van der Waals surface area contributed by atoms with Gasteiger partial charge in [0.15, 0.2) is 0 Å². The van der Waals surface area contributed by atoms with Crippen LogP contribution >= 0.6 is 0 Å². The van der Waals surface area contributed by atoms with Gasteiger partial charge in [0.05, 0.1) is 6.04 Å². The number of imidazole rings is 1. The molecule has 0 aliphatic heterocycles. The van der Waals surface area contributed by atoms with Crippen molar-refractivity contribution in [1.29, 1.82) is 0 Å². The fourth-order valence-corrected chi connectivity index (χ4v) is 2.45. The van der Waals surface area contributed by atoms with Crippen LogP contribution in [-0.2, 0) is 13.5 Å². The van der Waals surface area contributed by atoms with Gasteiger partial charge >= 0.3 is 0 Å². The van der Waals surface area contributed by atoms with Gasteiger partial charge in [0.2, 0.25) is 5.95 Å². The molecule has 0 amide bonds. The summed E-state index contributed by atoms with van der Waals surface area (Å²) in [5.41, 5.74) is 9.36. The van der Waals surface area contributed by atoms with Crippen LogP contribution in [0.25, 0.3) is 0 Å². The van der Waals surface area contributed by atoms with Crippen molar-refractivity contribution in [1.82, 2.24) is 9.55 Å². The van der Waals surface area contributed by atoms with Gasteiger partial charge in [0.25, 0.3) is 0 Å². The average molecular weight is 228 g/mol. The Morgan fingerprint density at radius 3 is 3.12 bits per heavy atom. The number of rotatable bonds is 2. The third kappa shape index (κ3) is 1.75. The van der Waals surface area contributed by atoms with Crippen molar-refractivity contribution in [3.8, 4) is 0 Å². The first kappa shape index (κ1) is 10.2. The summed E-state index contributed by atoms with van der Waals surface area (Å²) in [7, 11) is 1.99. The lowest BCUT2D eigenvalue weighted by atomic mass is 10.1. The molecule has 0 saturated carbocycles. The standard InChI is InChI=1S/C13H16N4/c1-17-7-6-15-13(17)16-12-5-2-9-8-10(14)3-4-11(9)12/h3-4,6-8,12H,2,5,14H2,1H3,(H,15,16). The van der Waals surface area contributed by atoms with E-state index in [1.165, 1.54) is 11.1 Å². The molecule has 1 aliphatic carbocycles. The van der Waals surface area contributed by atoms with Gasteiger partial charge in [0.1, 0.15) is 0 Å². The largest absolute Gasteiger partial charge is 0.399 e. The van der Waals surface area contributed by atoms with Crippen LogP contribution in [-0.4, -0.2) is 9.55 Å². The van der Waals surface area contributed by atoms with Crippen LogP contribution in [0.1, 0.15) is 23.6 Å². The predicted molar refractivity (Wildman–Crippen MR) is 68.7 cm³/mol. The Balaban J connectivity index is 1.87. The van der Waals surface area contributed by atoms with Gasteiger partial charge in [-0.3, -0.25) is 0 Å². The molecule has 0 saturated heterocycles. The van der Waals surface area contributed by atoms with Crippen LogP contribution in [0.5, 0.6) is 0 Å². The lowest BCUT2D eigenvalue weighted by molar-refractivity contribution is 0.739. The summed E-state index contributed by atoms with van der Waals surface area (Å²) >= 11 is 0. The first-order valence-electron chi connectivity index (χ1n) is 5.86. The number of anilines is 2. The lowest BCUT2D eigenvalue weighted by Crippen LogP contribution is -2.10. The number of hydrogen-bond donors (Lipinski definition) is 2. The molecule has 17 heavy (non-hydrogen) atoms. The Hall–Kier alpha value is -1.97. The highest BCUT2D eigenvalue weighted by molar-refractivity contribution is 5.49. The number of aryl methyl sites for hydroxylation is 2. The zero-order valence-corrected chi connectivity index (χ0v) is 9.85. The normalized spacial score (nSPS) is 18.1. The van der Waals surface area contributed by atoms with E-state index in [4.69, 9.17) is 5.73 Å². The summed E-state index contributed by atoms with van der Waals surface area (Å²) in [5.74, 6) is 0.916. The van der Waals surface area contributed by atoms with Crippen LogP contribution in [0.15, 0.2) is 30.6 Å². The summed E-state index contributed by atoms with van der Waals surface area (Å²) in [4.78, 5) is 4.30. The maximum absolute atomic E-state index is 5.80. The SMILES string of the molecule is Cn1ccnc1NC1CCc2cc(N)ccc21. The van der Waals surface area contributed by atoms with E-state index in [1.807, 2.05) is 23.9 Å². The number of fused-ring (bicyclic) bond motifs is 1. The highest BCUT2D eigenvalue weighted by Crippen LogP contribution is 2.34. The summed E-state index contributed by atoms with van der Waals surface area (Å²) < 4.78 is 2.00. The molecule has 0 spiro atoms. The maximum Gasteiger partial charge on any atom is 0.202 e. The quantitative estimate of drug-likeness (QED) is 0.774. The lowest BCUT2D eigenvalue weighted by Gasteiger charge is -2.14. The molecule has 0 fully saturated rings. The van der Waals surface area contributed by atoms with Crippen molar-refractivity contribution in [2.24, 2.45) is 7.05 Å². The minimum Gasteiger partial charge on any atom is -0.399 e. The van der Waals surface area contributed by atoms with E-state index < -0.39 is 0 Å². The van der Waals surface area contributed by atoms with Crippen molar-refractivity contribution in [3.63, 3.8) is 0 Å². The summed E-state index contributed by atoms with van der Waals surface area (Å²) in [6.07, 6.45) is 5.94. The van der Waals surface area contributed by atoms with Crippen molar-refractivity contribution in [3.05, 3.63) is 41.7 Å². The molecule has 1 unspecified atom stereocenters. The van der Waals surface area contributed by atoms with Crippen molar-refractivity contribution in [2.75, 3.05) is 11.1 Å². The maximum atomic E-state index is 5.80. The summed E-state index contributed by atoms with van der Waals surface area (Å²) in [5, 5.41) is 3.48. The van der Waals surface area contributed by atoms with E-state index in [0.29, 0.717) is 6.04 Å². The number of nitrogens with zero attached hydrogens (tertiary/aromatic N) is 2. The zero-order chi connectivity index (χ0) is 11.8. The van der Waals surface area contributed by atoms with Crippen molar-refractivity contribution < 1.29 is 0 Å². The molecule has 1 heterocycles. The molecule has 4 heteroatoms. The molecule has 4 nitrogen and oxygen atoms in total. The van der Waals surface area contributed by atoms with E-state index >= 15 is 0 Å². The average Bonchev–Trinajstić information content (AvgIpc) is 2.87. The van der Waals surface area contributed by atoms with E-state index in [9.17, 15) is 0 Å². The second-order valence-corrected chi connectivity index (χ2v) is 4.56. The van der Waals surface area contributed by atoms with Crippen molar-refractivity contribution in [2.45, 2.75) is 18.9 Å². The molecule has 1 aromatic carbocycles. The number of aromatic nitrogens is 2. The van der Waals surface area contributed by atoms with Crippen LogP contribution < -0.4 is 11.1 Å². The van der Waals surface area contributed by atoms with Crippen LogP contribution in [0.2, 0.25) is 0 Å². The molecule has 0 bridgehead atoms. The molecule has 88 valence electrons. The Morgan fingerprint density at radius 1 is 1.47 bits per heavy atom. The predicted octanol–water partition coefficient (Wildman–Crippen LogP) is 2.10. The first-order valence-corrected chi connectivity index (χ1v) is 5.86. The molecule has 3 rings (SSSR count). The minimum atomic E-state index is 0.353. The third-order valence-corrected chi connectivity index (χ3v) is 3.37. The van der Waals surface area contributed by atoms with E-state index in [2.05, 4.69) is 22.4 Å². The van der Waals surface area contributed by atoms with E-state index in [1.54, 1.807) is 6.20 Å². The number of benzene rings is 1. The molecule has 0 radical (unpaired) electrons. The topological polar surface area (TPSA) is 55.9 Å². The van der Waals surface area contributed by atoms with Gasteiger partial charge in [-0.05, 0) is 36.1 Å². The Bertz CT molecular complexity index is 544. The van der Waals surface area contributed by atoms with Gasteiger partial charge in [-0.1, -0.05) is 6.07 Å². The Labute approximate surface area is 100 Å². The Morgan fingerprint density at radius 2 is 2.35 bits per heavy atom. The molecule has 3 N–H and O–H groups in total. The summed E-state index contributed by atoms with van der Waals surface area (Å²) in [6, 6.07) is 6.53. The Kier molecular flexibility index (Phi) is 2.28. The molecule has 2 aromatic rings. The van der Waals surface area contributed by atoms with Gasteiger partial charge < -0.3 is 15.6 Å². The van der Waals surface area contributed by atoms with E-state index in [0.717, 1.165) is 24.5 Å². The minimum absolute atomic E-state index is 0.353. The van der Waals surface area contributed by atoms with Gasteiger partial charge in [-0.15, -0.1) is 0 Å². The second kappa shape index (κ2) is 3.80. The molecular formula is C13H16N4. The smallest absolute Gasteiger partial charge is 0.202 e. The van der Waals surface area contributed by atoms with Crippen molar-refractivity contribution >= 4 is 11.6 Å². The van der Waals surface area contributed by atoms with Crippen LogP contribution in [0.3, 0.4) is 0 Å². The fourth-order valence-electron chi connectivity index (χ4n) is 2.45. The molecule has 1 aromatic heterocycles. The van der Waals surface area contributed by atoms with Gasteiger partial charge in [-0.2, -0.15) is 0 Å². The highest BCUT2D eigenvalue weighted by atomic mass is 15.2. The molecule has 1 atom stereocenters. The summed E-state index contributed by atoms with van der Waals surface area (Å²) in [6.45, 7) is 0. The van der Waals surface area contributed by atoms with Gasteiger partial charge in [0, 0.05) is 25.1 Å². The van der Waals surface area contributed by atoms with Crippen LogP contribution in [0.4, 0.5) is 11.6 Å². The first-order chi connectivity index (χ1) is 8.24. The monoisotopic (exact) mass is 228 g/mol. The third-order valence-electron chi connectivity index (χ3n) is 3.37. The highest BCUT2D eigenvalue weighted by Gasteiger charge is 2.23. The van der Waals surface area contributed by atoms with Gasteiger partial charge in [-0.25, -0.2) is 4.98 Å². The molecular weight excluding hydrogens is 212 g/mol. The second-order valence-electron chi connectivity index (χ2n) is 4.56.